The first-order valence-corrected chi connectivity index (χ1v) is 9.55. The second-order valence-electron chi connectivity index (χ2n) is 5.32. The van der Waals surface area contributed by atoms with Crippen molar-refractivity contribution in [3.63, 3.8) is 0 Å². The molecule has 3 aromatic rings. The third-order valence-electron chi connectivity index (χ3n) is 3.56. The minimum Gasteiger partial charge on any atom is -0.744 e. The van der Waals surface area contributed by atoms with Crippen LogP contribution in [-0.2, 0) is 19.5 Å². The SMILES string of the molecule is O=S(=O)([O-])c1cc(O)c2c(O)c(N=Nc3ccccc3)c(SOO[O-])cc2c1.[Na+].[Na+]. The number of phenols is 2. The summed E-state index contributed by atoms with van der Waals surface area (Å²) in [5.74, 6) is -1.22. The number of phenolic OH excluding ortho intramolecular Hbond substituents is 2. The van der Waals surface area contributed by atoms with Crippen molar-refractivity contribution in [2.75, 3.05) is 0 Å². The molecule has 0 amide bonds. The van der Waals surface area contributed by atoms with Gasteiger partial charge in [-0.1, -0.05) is 18.2 Å². The molecule has 0 unspecified atom stereocenters. The van der Waals surface area contributed by atoms with Crippen LogP contribution in [0.3, 0.4) is 0 Å². The summed E-state index contributed by atoms with van der Waals surface area (Å²) in [6.45, 7) is 0. The average molecular weight is 468 g/mol. The predicted molar refractivity (Wildman–Crippen MR) is 93.9 cm³/mol. The Labute approximate surface area is 219 Å². The zero-order valence-electron chi connectivity index (χ0n) is 15.7. The molecule has 2 N–H and O–H groups in total. The normalized spacial score (nSPS) is 11.3. The third kappa shape index (κ3) is 6.38. The summed E-state index contributed by atoms with van der Waals surface area (Å²) in [5, 5.41) is 41.8. The Kier molecular flexibility index (Phi) is 10.7. The van der Waals surface area contributed by atoms with Gasteiger partial charge in [0, 0.05) is 0 Å². The van der Waals surface area contributed by atoms with Crippen molar-refractivity contribution in [1.82, 2.24) is 0 Å². The monoisotopic (exact) mass is 468 g/mol. The van der Waals surface area contributed by atoms with Gasteiger partial charge in [-0.3, -0.25) is 5.04 Å². The molecule has 0 atom stereocenters. The van der Waals surface area contributed by atoms with Gasteiger partial charge >= 0.3 is 59.1 Å². The summed E-state index contributed by atoms with van der Waals surface area (Å²) in [5.41, 5.74) is 0.280. The van der Waals surface area contributed by atoms with Crippen LogP contribution >= 0.6 is 12.0 Å². The molecular weight excluding hydrogens is 458 g/mol. The van der Waals surface area contributed by atoms with Gasteiger partial charge in [0.1, 0.15) is 21.6 Å². The molecular formula is C16H10N2Na2O8S2. The number of aromatic hydroxyl groups is 2. The zero-order chi connectivity index (χ0) is 20.3. The minimum absolute atomic E-state index is 0. The molecule has 0 aliphatic rings. The summed E-state index contributed by atoms with van der Waals surface area (Å²) >= 11 is 0.373. The summed E-state index contributed by atoms with van der Waals surface area (Å²) < 4.78 is 38.0. The molecule has 0 saturated heterocycles. The number of azo groups is 1. The van der Waals surface area contributed by atoms with Gasteiger partial charge in [0.05, 0.1) is 32.9 Å². The molecule has 0 aliphatic carbocycles. The van der Waals surface area contributed by atoms with E-state index in [1.165, 1.54) is 6.07 Å². The summed E-state index contributed by atoms with van der Waals surface area (Å²) in [6, 6.07) is 11.4. The summed E-state index contributed by atoms with van der Waals surface area (Å²) in [6.07, 6.45) is 0. The van der Waals surface area contributed by atoms with Gasteiger partial charge in [-0.05, 0) is 35.7 Å². The zero-order valence-corrected chi connectivity index (χ0v) is 21.3. The van der Waals surface area contributed by atoms with E-state index in [2.05, 4.69) is 19.6 Å². The first-order valence-electron chi connectivity index (χ1n) is 7.40. The predicted octanol–water partition coefficient (Wildman–Crippen LogP) is -3.19. The average Bonchev–Trinajstić information content (AvgIpc) is 2.65. The van der Waals surface area contributed by atoms with E-state index in [1.54, 1.807) is 30.3 Å². The van der Waals surface area contributed by atoms with Gasteiger partial charge in [-0.15, -0.1) is 5.11 Å². The van der Waals surface area contributed by atoms with Gasteiger partial charge in [0.15, 0.2) is 5.75 Å². The van der Waals surface area contributed by atoms with Crippen LogP contribution in [0.4, 0.5) is 11.4 Å². The molecule has 10 nitrogen and oxygen atoms in total. The van der Waals surface area contributed by atoms with Crippen LogP contribution in [-0.4, -0.2) is 23.2 Å². The van der Waals surface area contributed by atoms with Crippen LogP contribution in [0.25, 0.3) is 10.8 Å². The Bertz CT molecular complexity index is 1160. The molecule has 0 heterocycles. The van der Waals surface area contributed by atoms with Crippen molar-refractivity contribution in [1.29, 1.82) is 0 Å². The molecule has 0 spiro atoms. The smallest absolute Gasteiger partial charge is 0.744 e. The van der Waals surface area contributed by atoms with Crippen molar-refractivity contribution in [3.05, 3.63) is 48.5 Å². The second-order valence-corrected chi connectivity index (χ2v) is 7.44. The molecule has 3 aromatic carbocycles. The first-order chi connectivity index (χ1) is 13.3. The number of rotatable bonds is 6. The van der Waals surface area contributed by atoms with Gasteiger partial charge in [0.25, 0.3) is 0 Å². The molecule has 0 bridgehead atoms. The van der Waals surface area contributed by atoms with Crippen LogP contribution < -0.4 is 64.4 Å². The fourth-order valence-electron chi connectivity index (χ4n) is 2.40. The summed E-state index contributed by atoms with van der Waals surface area (Å²) in [7, 11) is -4.86. The molecule has 0 aliphatic heterocycles. The van der Waals surface area contributed by atoms with Crippen LogP contribution in [0.2, 0.25) is 0 Å². The fourth-order valence-corrected chi connectivity index (χ4v) is 3.42. The standard InChI is InChI=1S/C16H12N2O8S2.2Na/c19-12-8-11(28(22,23)24)6-9-7-13(27-26-25-21)15(16(20)14(9)12)18-17-10-4-2-1-3-5-10;;/h1-8,19-21H,(H,22,23,24);;/q;2*+1/p-2. The fraction of sp³-hybridized carbons (Fsp3) is 0. The Morgan fingerprint density at radius 3 is 2.27 bits per heavy atom. The molecule has 146 valence electrons. The molecule has 0 saturated carbocycles. The van der Waals surface area contributed by atoms with Crippen LogP contribution in [0.15, 0.2) is 68.6 Å². The van der Waals surface area contributed by atoms with Crippen molar-refractivity contribution in [2.45, 2.75) is 9.79 Å². The maximum Gasteiger partial charge on any atom is 1.00 e. The van der Waals surface area contributed by atoms with Gasteiger partial charge in [-0.25, -0.2) is 8.42 Å². The molecule has 3 rings (SSSR count). The van der Waals surface area contributed by atoms with Gasteiger partial charge < -0.3 is 20.0 Å². The number of fused-ring (bicyclic) bond motifs is 1. The van der Waals surface area contributed by atoms with Crippen LogP contribution in [0.1, 0.15) is 0 Å². The van der Waals surface area contributed by atoms with E-state index >= 15 is 0 Å². The Morgan fingerprint density at radius 2 is 1.67 bits per heavy atom. The van der Waals surface area contributed by atoms with Crippen molar-refractivity contribution < 1.29 is 96.9 Å². The quantitative estimate of drug-likeness (QED) is 0.0947. The summed E-state index contributed by atoms with van der Waals surface area (Å²) in [4.78, 5) is -0.687. The van der Waals surface area contributed by atoms with Crippen LogP contribution in [0, 0.1) is 0 Å². The topological polar surface area (TPSA) is 164 Å². The van der Waals surface area contributed by atoms with E-state index in [1.807, 2.05) is 0 Å². The van der Waals surface area contributed by atoms with Crippen molar-refractivity contribution in [2.24, 2.45) is 10.2 Å². The van der Waals surface area contributed by atoms with Crippen LogP contribution in [0.5, 0.6) is 11.5 Å². The third-order valence-corrected chi connectivity index (χ3v) is 4.99. The maximum absolute atomic E-state index is 11.2. The second kappa shape index (κ2) is 11.8. The van der Waals surface area contributed by atoms with E-state index in [9.17, 15) is 28.4 Å². The molecule has 0 aromatic heterocycles. The molecule has 0 fully saturated rings. The van der Waals surface area contributed by atoms with E-state index < -0.39 is 26.5 Å². The number of hydrogen-bond acceptors (Lipinski definition) is 11. The van der Waals surface area contributed by atoms with Crippen molar-refractivity contribution >= 4 is 44.3 Å². The molecule has 30 heavy (non-hydrogen) atoms. The number of hydrogen-bond donors (Lipinski definition) is 2. The van der Waals surface area contributed by atoms with E-state index in [0.29, 0.717) is 23.8 Å². The van der Waals surface area contributed by atoms with E-state index in [4.69, 9.17) is 0 Å². The van der Waals surface area contributed by atoms with Crippen molar-refractivity contribution in [3.8, 4) is 11.5 Å². The molecule has 0 radical (unpaired) electrons. The van der Waals surface area contributed by atoms with E-state index in [0.717, 1.165) is 6.07 Å². The minimum atomic E-state index is -4.86. The first kappa shape index (κ1) is 27.3. The number of nitrogens with zero attached hydrogens (tertiary/aromatic N) is 2. The van der Waals surface area contributed by atoms with Gasteiger partial charge in [-0.2, -0.15) is 9.45 Å². The van der Waals surface area contributed by atoms with Gasteiger partial charge in [0.2, 0.25) is 0 Å². The Balaban J connectivity index is 0.00000225. The Morgan fingerprint density at radius 1 is 1.00 bits per heavy atom. The maximum atomic E-state index is 11.2. The Hall–Kier alpha value is -0.740. The molecule has 14 heteroatoms. The van der Waals surface area contributed by atoms with E-state index in [-0.39, 0.29) is 80.5 Å². The largest absolute Gasteiger partial charge is 1.00 e. The number of benzene rings is 3.